The Labute approximate surface area is 102 Å². The van der Waals surface area contributed by atoms with Crippen molar-refractivity contribution in [3.63, 3.8) is 0 Å². The fourth-order valence-electron chi connectivity index (χ4n) is 2.10. The molecule has 0 saturated carbocycles. The van der Waals surface area contributed by atoms with E-state index in [0.29, 0.717) is 12.5 Å². The Bertz CT molecular complexity index is 371. The molecule has 2 rings (SSSR count). The van der Waals surface area contributed by atoms with Crippen LogP contribution in [0.4, 0.5) is 0 Å². The van der Waals surface area contributed by atoms with E-state index in [1.54, 1.807) is 0 Å². The van der Waals surface area contributed by atoms with Gasteiger partial charge in [0.15, 0.2) is 5.79 Å². The van der Waals surface area contributed by atoms with E-state index >= 15 is 0 Å². The summed E-state index contributed by atoms with van der Waals surface area (Å²) in [6, 6.07) is 6.34. The van der Waals surface area contributed by atoms with Crippen LogP contribution in [0.1, 0.15) is 23.6 Å². The molecular weight excluding hydrogens is 224 g/mol. The average molecular weight is 241 g/mol. The summed E-state index contributed by atoms with van der Waals surface area (Å²) >= 11 is 5.78. The van der Waals surface area contributed by atoms with Gasteiger partial charge in [-0.3, -0.25) is 0 Å². The van der Waals surface area contributed by atoms with Gasteiger partial charge in [-0.15, -0.1) is 11.6 Å². The molecule has 3 heteroatoms. The zero-order valence-corrected chi connectivity index (χ0v) is 10.7. The summed E-state index contributed by atoms with van der Waals surface area (Å²) in [6.45, 7) is 6.67. The van der Waals surface area contributed by atoms with Crippen molar-refractivity contribution in [2.75, 3.05) is 12.5 Å². The fraction of sp³-hybridized carbons (Fsp3) is 0.538. The third-order valence-corrected chi connectivity index (χ3v) is 3.20. The molecule has 2 nitrogen and oxygen atoms in total. The topological polar surface area (TPSA) is 18.5 Å². The highest BCUT2D eigenvalue weighted by Gasteiger charge is 2.38. The summed E-state index contributed by atoms with van der Waals surface area (Å²) in [6.07, 6.45) is -0.00696. The van der Waals surface area contributed by atoms with Crippen molar-refractivity contribution >= 4 is 11.6 Å². The highest BCUT2D eigenvalue weighted by atomic mass is 35.5. The predicted molar refractivity (Wildman–Crippen MR) is 64.8 cm³/mol. The summed E-state index contributed by atoms with van der Waals surface area (Å²) in [5.74, 6) is -0.170. The second kappa shape index (κ2) is 4.36. The lowest BCUT2D eigenvalue weighted by molar-refractivity contribution is -0.159. The highest BCUT2D eigenvalue weighted by molar-refractivity contribution is 6.18. The lowest BCUT2D eigenvalue weighted by atomic mass is 10.0. The molecule has 0 aromatic heterocycles. The Morgan fingerprint density at radius 2 is 1.94 bits per heavy atom. The van der Waals surface area contributed by atoms with E-state index in [4.69, 9.17) is 21.1 Å². The molecule has 1 aliphatic heterocycles. The van der Waals surface area contributed by atoms with Crippen LogP contribution in [0, 0.1) is 13.8 Å². The van der Waals surface area contributed by atoms with Crippen molar-refractivity contribution in [3.8, 4) is 0 Å². The second-order valence-corrected chi connectivity index (χ2v) is 4.84. The Kier molecular flexibility index (Phi) is 3.24. The third-order valence-electron chi connectivity index (χ3n) is 2.85. The van der Waals surface area contributed by atoms with Crippen LogP contribution in [-0.2, 0) is 15.3 Å². The lowest BCUT2D eigenvalue weighted by Crippen LogP contribution is -2.24. The number of hydrogen-bond acceptors (Lipinski definition) is 2. The largest absolute Gasteiger partial charge is 0.343 e. The summed E-state index contributed by atoms with van der Waals surface area (Å²) < 4.78 is 11.6. The number of alkyl halides is 1. The van der Waals surface area contributed by atoms with Gasteiger partial charge in [0.25, 0.3) is 0 Å². The van der Waals surface area contributed by atoms with Crippen molar-refractivity contribution in [2.45, 2.75) is 32.7 Å². The molecule has 0 bridgehead atoms. The van der Waals surface area contributed by atoms with Gasteiger partial charge < -0.3 is 9.47 Å². The molecule has 0 radical (unpaired) electrons. The van der Waals surface area contributed by atoms with Crippen LogP contribution >= 0.6 is 11.6 Å². The normalized spacial score (nSPS) is 29.6. The summed E-state index contributed by atoms with van der Waals surface area (Å²) in [5.41, 5.74) is 3.51. The van der Waals surface area contributed by atoms with Gasteiger partial charge in [0.1, 0.15) is 0 Å². The molecule has 0 amide bonds. The first kappa shape index (κ1) is 11.9. The van der Waals surface area contributed by atoms with E-state index in [1.165, 1.54) is 11.1 Å². The first-order valence-corrected chi connectivity index (χ1v) is 6.03. The molecule has 0 aliphatic carbocycles. The van der Waals surface area contributed by atoms with Crippen LogP contribution in [0.25, 0.3) is 0 Å². The highest BCUT2D eigenvalue weighted by Crippen LogP contribution is 2.34. The minimum absolute atomic E-state index is 0.00696. The van der Waals surface area contributed by atoms with Crippen LogP contribution in [0.15, 0.2) is 18.2 Å². The molecule has 0 spiro atoms. The molecule has 1 aromatic carbocycles. The second-order valence-electron chi connectivity index (χ2n) is 4.53. The molecule has 1 aromatic rings. The lowest BCUT2D eigenvalue weighted by Gasteiger charge is -2.24. The Hall–Kier alpha value is -0.570. The number of ether oxygens (including phenoxy) is 2. The number of benzene rings is 1. The molecule has 1 fully saturated rings. The zero-order chi connectivity index (χ0) is 11.8. The molecule has 16 heavy (non-hydrogen) atoms. The quantitative estimate of drug-likeness (QED) is 0.740. The van der Waals surface area contributed by atoms with E-state index < -0.39 is 5.79 Å². The first-order valence-electron chi connectivity index (χ1n) is 5.50. The smallest absolute Gasteiger partial charge is 0.192 e. The van der Waals surface area contributed by atoms with Crippen LogP contribution in [0.5, 0.6) is 0 Å². The monoisotopic (exact) mass is 240 g/mol. The van der Waals surface area contributed by atoms with Gasteiger partial charge in [0.05, 0.1) is 18.6 Å². The van der Waals surface area contributed by atoms with Gasteiger partial charge in [-0.1, -0.05) is 29.3 Å². The van der Waals surface area contributed by atoms with Gasteiger partial charge in [0, 0.05) is 5.56 Å². The molecule has 1 heterocycles. The summed E-state index contributed by atoms with van der Waals surface area (Å²) in [7, 11) is 0. The average Bonchev–Trinajstić information content (AvgIpc) is 2.60. The molecular formula is C13H17ClO2. The Morgan fingerprint density at radius 3 is 2.44 bits per heavy atom. The minimum Gasteiger partial charge on any atom is -0.343 e. The number of halogens is 1. The van der Waals surface area contributed by atoms with Crippen LogP contribution in [-0.4, -0.2) is 18.6 Å². The fourth-order valence-corrected chi connectivity index (χ4v) is 2.25. The Balaban J connectivity index is 2.29. The predicted octanol–water partition coefficient (Wildman–Crippen LogP) is 3.13. The van der Waals surface area contributed by atoms with Crippen LogP contribution in [0.2, 0.25) is 0 Å². The molecule has 2 atom stereocenters. The van der Waals surface area contributed by atoms with E-state index in [1.807, 2.05) is 6.92 Å². The first-order chi connectivity index (χ1) is 7.53. The van der Waals surface area contributed by atoms with E-state index in [9.17, 15) is 0 Å². The maximum absolute atomic E-state index is 5.84. The number of hydrogen-bond donors (Lipinski definition) is 0. The molecule has 0 N–H and O–H groups in total. The minimum atomic E-state index is -0.643. The third kappa shape index (κ3) is 2.24. The number of rotatable bonds is 2. The van der Waals surface area contributed by atoms with Gasteiger partial charge in [0.2, 0.25) is 0 Å². The SMILES string of the molecule is Cc1cc(C)cc(C2(C)OCC(CCl)O2)c1. The van der Waals surface area contributed by atoms with Crippen molar-refractivity contribution in [1.29, 1.82) is 0 Å². The number of aryl methyl sites for hydroxylation is 2. The molecule has 1 saturated heterocycles. The van der Waals surface area contributed by atoms with Crippen molar-refractivity contribution in [3.05, 3.63) is 34.9 Å². The molecule has 88 valence electrons. The van der Waals surface area contributed by atoms with Gasteiger partial charge >= 0.3 is 0 Å². The van der Waals surface area contributed by atoms with Gasteiger partial charge in [-0.2, -0.15) is 0 Å². The maximum atomic E-state index is 5.84. The molecule has 1 aliphatic rings. The zero-order valence-electron chi connectivity index (χ0n) is 9.92. The van der Waals surface area contributed by atoms with Gasteiger partial charge in [-0.25, -0.2) is 0 Å². The van der Waals surface area contributed by atoms with Crippen molar-refractivity contribution < 1.29 is 9.47 Å². The summed E-state index contributed by atoms with van der Waals surface area (Å²) in [5, 5.41) is 0. The van der Waals surface area contributed by atoms with E-state index in [0.717, 1.165) is 5.56 Å². The Morgan fingerprint density at radius 1 is 1.31 bits per heavy atom. The van der Waals surface area contributed by atoms with Crippen LogP contribution < -0.4 is 0 Å². The summed E-state index contributed by atoms with van der Waals surface area (Å²) in [4.78, 5) is 0. The van der Waals surface area contributed by atoms with Gasteiger partial charge in [-0.05, 0) is 20.8 Å². The van der Waals surface area contributed by atoms with E-state index in [-0.39, 0.29) is 6.10 Å². The standard InChI is InChI=1S/C13H17ClO2/c1-9-4-10(2)6-11(5-9)13(3)15-8-12(7-14)16-13/h4-6,12H,7-8H2,1-3H3. The van der Waals surface area contributed by atoms with Crippen molar-refractivity contribution in [1.82, 2.24) is 0 Å². The van der Waals surface area contributed by atoms with Crippen LogP contribution in [0.3, 0.4) is 0 Å². The van der Waals surface area contributed by atoms with E-state index in [2.05, 4.69) is 32.0 Å². The maximum Gasteiger partial charge on any atom is 0.192 e. The molecule has 2 unspecified atom stereocenters. The van der Waals surface area contributed by atoms with Crippen molar-refractivity contribution in [2.24, 2.45) is 0 Å².